The lowest BCUT2D eigenvalue weighted by molar-refractivity contribution is -0.147. The van der Waals surface area contributed by atoms with Gasteiger partial charge in [0.25, 0.3) is 0 Å². The Balaban J connectivity index is 4.45. The first-order chi connectivity index (χ1) is 29.3. The number of carboxylic acids is 1. The van der Waals surface area contributed by atoms with Gasteiger partial charge < -0.3 is 25.6 Å². The molecule has 4 N–H and O–H groups in total. The molecule has 2 amide bonds. The molecule has 0 bridgehead atoms. The second-order valence-corrected chi connectivity index (χ2v) is 14.4. The van der Waals surface area contributed by atoms with Crippen LogP contribution >= 0.6 is 0 Å². The molecule has 0 aromatic rings. The smallest absolute Gasteiger partial charge is 0.328 e. The van der Waals surface area contributed by atoms with Crippen molar-refractivity contribution in [3.05, 3.63) is 122 Å². The maximum absolute atomic E-state index is 12.8. The van der Waals surface area contributed by atoms with Crippen molar-refractivity contribution in [3.8, 4) is 0 Å². The summed E-state index contributed by atoms with van der Waals surface area (Å²) in [7, 11) is 0. The summed E-state index contributed by atoms with van der Waals surface area (Å²) in [6.07, 6.45) is 61.0. The fourth-order valence-electron chi connectivity index (χ4n) is 5.57. The van der Waals surface area contributed by atoms with Gasteiger partial charge in [-0.2, -0.15) is 0 Å². The second-order valence-electron chi connectivity index (χ2n) is 14.4. The van der Waals surface area contributed by atoms with Crippen LogP contribution in [0.1, 0.15) is 149 Å². The SMILES string of the molecule is CC/C=C\C/C=C\C/C=C\C/C=C\C/C=C\C/C=C\CCCCCCC(=O)OC(/C=C\C/C=C\C/C=C\C/C=C\CC)CCCCCC(=O)NCC(=O)NC(CO)C(=O)O. The molecule has 9 heteroatoms. The molecule has 0 aliphatic heterocycles. The lowest BCUT2D eigenvalue weighted by Crippen LogP contribution is -2.47. The Kier molecular flexibility index (Phi) is 40.3. The van der Waals surface area contributed by atoms with Gasteiger partial charge >= 0.3 is 11.9 Å². The summed E-state index contributed by atoms with van der Waals surface area (Å²) >= 11 is 0. The highest BCUT2D eigenvalue weighted by Gasteiger charge is 2.18. The van der Waals surface area contributed by atoms with Crippen molar-refractivity contribution >= 4 is 23.8 Å². The molecule has 2 atom stereocenters. The van der Waals surface area contributed by atoms with Crippen LogP contribution < -0.4 is 10.6 Å². The number of hydrogen-bond donors (Lipinski definition) is 4. The van der Waals surface area contributed by atoms with Crippen LogP contribution in [0.15, 0.2) is 122 Å². The molecule has 0 spiro atoms. The summed E-state index contributed by atoms with van der Waals surface area (Å²) in [6.45, 7) is 3.17. The number of amides is 2. The first-order valence-electron chi connectivity index (χ1n) is 22.4. The normalized spacial score (nSPS) is 13.7. The minimum absolute atomic E-state index is 0.191. The van der Waals surface area contributed by atoms with E-state index in [4.69, 9.17) is 14.9 Å². The highest BCUT2D eigenvalue weighted by atomic mass is 16.5. The zero-order valence-electron chi connectivity index (χ0n) is 36.9. The average Bonchev–Trinajstić information content (AvgIpc) is 3.23. The Morgan fingerprint density at radius 3 is 1.43 bits per heavy atom. The van der Waals surface area contributed by atoms with Gasteiger partial charge in [-0.15, -0.1) is 0 Å². The van der Waals surface area contributed by atoms with Crippen molar-refractivity contribution in [3.63, 3.8) is 0 Å². The van der Waals surface area contributed by atoms with E-state index in [1.165, 1.54) is 0 Å². The minimum Gasteiger partial charge on any atom is -0.480 e. The van der Waals surface area contributed by atoms with Gasteiger partial charge in [-0.25, -0.2) is 4.79 Å². The highest BCUT2D eigenvalue weighted by molar-refractivity contribution is 5.87. The van der Waals surface area contributed by atoms with Crippen LogP contribution in [0, 0.1) is 0 Å². The molecule has 0 saturated heterocycles. The topological polar surface area (TPSA) is 142 Å². The fourth-order valence-corrected chi connectivity index (χ4v) is 5.57. The number of hydrogen-bond acceptors (Lipinski definition) is 6. The predicted molar refractivity (Wildman–Crippen MR) is 249 cm³/mol. The molecular weight excluding hydrogens is 753 g/mol. The maximum atomic E-state index is 12.8. The fraction of sp³-hybridized carbons (Fsp3) is 0.529. The van der Waals surface area contributed by atoms with Crippen LogP contribution in [0.4, 0.5) is 0 Å². The van der Waals surface area contributed by atoms with Gasteiger partial charge in [0.15, 0.2) is 0 Å². The van der Waals surface area contributed by atoms with Crippen molar-refractivity contribution < 1.29 is 34.1 Å². The zero-order valence-corrected chi connectivity index (χ0v) is 36.9. The first kappa shape index (κ1) is 55.2. The van der Waals surface area contributed by atoms with Gasteiger partial charge in [0.05, 0.1) is 13.2 Å². The molecule has 0 aromatic heterocycles. The van der Waals surface area contributed by atoms with Crippen molar-refractivity contribution in [2.24, 2.45) is 0 Å². The van der Waals surface area contributed by atoms with Crippen molar-refractivity contribution in [2.45, 2.75) is 161 Å². The molecule has 0 aliphatic rings. The molecule has 0 aliphatic carbocycles. The van der Waals surface area contributed by atoms with E-state index < -0.39 is 24.5 Å². The molecular formula is C51H78N2O7. The van der Waals surface area contributed by atoms with Crippen LogP contribution in [-0.4, -0.2) is 59.3 Å². The van der Waals surface area contributed by atoms with Gasteiger partial charge in [0.2, 0.25) is 11.8 Å². The van der Waals surface area contributed by atoms with Gasteiger partial charge in [-0.3, -0.25) is 14.4 Å². The molecule has 0 fully saturated rings. The van der Waals surface area contributed by atoms with E-state index in [9.17, 15) is 19.2 Å². The van der Waals surface area contributed by atoms with Gasteiger partial charge in [0.1, 0.15) is 12.1 Å². The van der Waals surface area contributed by atoms with E-state index in [0.29, 0.717) is 19.3 Å². The van der Waals surface area contributed by atoms with Gasteiger partial charge in [0, 0.05) is 12.8 Å². The van der Waals surface area contributed by atoms with Crippen LogP contribution in [0.5, 0.6) is 0 Å². The number of carbonyl (C=O) groups is 4. The third-order valence-corrected chi connectivity index (χ3v) is 8.94. The standard InChI is InChI=1S/C51H78N2O7/c1-3-5-7-9-11-13-15-16-17-18-19-20-21-22-23-24-25-26-28-30-32-34-39-43-50(57)60-46(40-36-33-31-29-27-14-12-10-8-6-4-2)41-37-35-38-42-48(55)52-44-49(56)53-47(45-54)51(58)59/h5-8,11-14,16-17,19-20,22-23,25-26,29,31,36,40,46-47,54H,3-4,9-10,15,18,21,24,27-28,30,32-35,37-39,41-45H2,1-2H3,(H,52,55)(H,53,56)(H,58,59)/b7-5-,8-6-,13-11-,14-12-,17-16-,20-19-,23-22-,26-25-,31-29-,40-36-. The largest absolute Gasteiger partial charge is 0.480 e. The quantitative estimate of drug-likeness (QED) is 0.0276. The Morgan fingerprint density at radius 2 is 0.950 bits per heavy atom. The lowest BCUT2D eigenvalue weighted by Gasteiger charge is -2.15. The number of ether oxygens (including phenoxy) is 1. The molecule has 0 radical (unpaired) electrons. The van der Waals surface area contributed by atoms with Gasteiger partial charge in [-0.05, 0) is 109 Å². The van der Waals surface area contributed by atoms with Crippen molar-refractivity contribution in [1.29, 1.82) is 0 Å². The number of aliphatic hydroxyl groups excluding tert-OH is 1. The van der Waals surface area contributed by atoms with Crippen LogP contribution in [0.2, 0.25) is 0 Å². The van der Waals surface area contributed by atoms with E-state index in [-0.39, 0.29) is 30.9 Å². The summed E-state index contributed by atoms with van der Waals surface area (Å²) in [5.74, 6) is -2.55. The molecule has 0 aromatic carbocycles. The Labute approximate surface area is 363 Å². The monoisotopic (exact) mass is 831 g/mol. The average molecular weight is 831 g/mol. The lowest BCUT2D eigenvalue weighted by atomic mass is 10.1. The third kappa shape index (κ3) is 40.0. The number of allylic oxidation sites excluding steroid dienone is 19. The van der Waals surface area contributed by atoms with E-state index in [0.717, 1.165) is 109 Å². The van der Waals surface area contributed by atoms with E-state index >= 15 is 0 Å². The Hall–Kier alpha value is -4.76. The molecule has 0 rings (SSSR count). The summed E-state index contributed by atoms with van der Waals surface area (Å²) in [5, 5.41) is 22.6. The van der Waals surface area contributed by atoms with Crippen molar-refractivity contribution in [2.75, 3.05) is 13.2 Å². The number of aliphatic hydroxyl groups is 1. The third-order valence-electron chi connectivity index (χ3n) is 8.94. The van der Waals surface area contributed by atoms with Crippen molar-refractivity contribution in [1.82, 2.24) is 10.6 Å². The summed E-state index contributed by atoms with van der Waals surface area (Å²) in [5.41, 5.74) is 0. The highest BCUT2D eigenvalue weighted by Crippen LogP contribution is 2.14. The number of unbranched alkanes of at least 4 members (excludes halogenated alkanes) is 6. The number of carboxylic acid groups (broad SMARTS) is 1. The summed E-state index contributed by atoms with van der Waals surface area (Å²) in [6, 6.07) is -1.41. The predicted octanol–water partition coefficient (Wildman–Crippen LogP) is 11.4. The number of carbonyl (C=O) groups excluding carboxylic acids is 3. The van der Waals surface area contributed by atoms with Gasteiger partial charge in [-0.1, -0.05) is 149 Å². The number of rotatable bonds is 38. The van der Waals surface area contributed by atoms with E-state index in [1.54, 1.807) is 0 Å². The Bertz CT molecular complexity index is 1410. The Morgan fingerprint density at radius 1 is 0.517 bits per heavy atom. The molecule has 0 heterocycles. The van der Waals surface area contributed by atoms with E-state index in [1.807, 2.05) is 12.2 Å². The number of nitrogens with one attached hydrogen (secondary N) is 2. The van der Waals surface area contributed by atoms with Crippen LogP contribution in [0.3, 0.4) is 0 Å². The first-order valence-corrected chi connectivity index (χ1v) is 22.4. The maximum Gasteiger partial charge on any atom is 0.328 e. The molecule has 2 unspecified atom stereocenters. The number of aliphatic carboxylic acids is 1. The van der Waals surface area contributed by atoms with Crippen LogP contribution in [0.25, 0.3) is 0 Å². The summed E-state index contributed by atoms with van der Waals surface area (Å²) < 4.78 is 5.86. The van der Waals surface area contributed by atoms with Crippen LogP contribution in [-0.2, 0) is 23.9 Å². The molecule has 60 heavy (non-hydrogen) atoms. The molecule has 9 nitrogen and oxygen atoms in total. The summed E-state index contributed by atoms with van der Waals surface area (Å²) in [4.78, 5) is 47.7. The zero-order chi connectivity index (χ0) is 44.0. The second kappa shape index (κ2) is 43.8. The molecule has 334 valence electrons. The molecule has 0 saturated carbocycles. The number of esters is 1. The minimum atomic E-state index is -1.41. The van der Waals surface area contributed by atoms with E-state index in [2.05, 4.69) is 134 Å².